The monoisotopic (exact) mass is 351 g/mol. The standard InChI is InChI=1S/C22H29N3O/c1-3-19-18-9-8-16(22(15-23)12-10-21(2,26)11-13-22)14-20(18)25(24-19)17-6-4-5-7-17/h8-9,14,17,26H,3-7,10-13H2,1-2H3/t21-,22+. The van der Waals surface area contributed by atoms with Crippen LogP contribution in [0.15, 0.2) is 18.2 Å². The largest absolute Gasteiger partial charge is 0.390 e. The molecule has 2 saturated carbocycles. The highest BCUT2D eigenvalue weighted by Crippen LogP contribution is 2.44. The Morgan fingerprint density at radius 3 is 2.54 bits per heavy atom. The Hall–Kier alpha value is -1.86. The van der Waals surface area contributed by atoms with E-state index in [1.54, 1.807) is 0 Å². The first kappa shape index (κ1) is 17.5. The lowest BCUT2D eigenvalue weighted by molar-refractivity contribution is 0.00855. The molecular weight excluding hydrogens is 322 g/mol. The van der Waals surface area contributed by atoms with Crippen LogP contribution in [0, 0.1) is 11.3 Å². The minimum atomic E-state index is -0.633. The maximum absolute atomic E-state index is 10.3. The highest BCUT2D eigenvalue weighted by molar-refractivity contribution is 5.83. The minimum Gasteiger partial charge on any atom is -0.390 e. The summed E-state index contributed by atoms with van der Waals surface area (Å²) in [6.45, 7) is 4.05. The number of aromatic nitrogens is 2. The number of aliphatic hydroxyl groups is 1. The van der Waals surface area contributed by atoms with E-state index in [4.69, 9.17) is 5.10 Å². The molecule has 0 spiro atoms. The van der Waals surface area contributed by atoms with E-state index in [9.17, 15) is 10.4 Å². The van der Waals surface area contributed by atoms with Gasteiger partial charge in [0.25, 0.3) is 0 Å². The zero-order chi connectivity index (χ0) is 18.4. The van der Waals surface area contributed by atoms with Crippen molar-refractivity contribution in [3.63, 3.8) is 0 Å². The highest BCUT2D eigenvalue weighted by atomic mass is 16.3. The van der Waals surface area contributed by atoms with E-state index >= 15 is 0 Å². The molecule has 0 unspecified atom stereocenters. The molecule has 2 fully saturated rings. The average Bonchev–Trinajstić information content (AvgIpc) is 3.29. The molecule has 0 amide bonds. The SMILES string of the molecule is CCc1nn(C2CCCC2)c2cc([C@]3(C#N)CC[C@](C)(O)CC3)ccc12. The second kappa shape index (κ2) is 6.39. The molecule has 1 aromatic carbocycles. The number of nitrogens with zero attached hydrogens (tertiary/aromatic N) is 3. The van der Waals surface area contributed by atoms with Gasteiger partial charge in [0.1, 0.15) is 0 Å². The third-order valence-corrected chi connectivity index (χ3v) is 6.74. The summed E-state index contributed by atoms with van der Waals surface area (Å²) in [5.74, 6) is 0. The molecule has 0 atom stereocenters. The van der Waals surface area contributed by atoms with Crippen LogP contribution in [0.3, 0.4) is 0 Å². The first-order valence-electron chi connectivity index (χ1n) is 10.1. The van der Waals surface area contributed by atoms with E-state index < -0.39 is 11.0 Å². The topological polar surface area (TPSA) is 61.8 Å². The molecule has 26 heavy (non-hydrogen) atoms. The Labute approximate surface area is 155 Å². The normalized spacial score (nSPS) is 29.9. The van der Waals surface area contributed by atoms with Crippen LogP contribution < -0.4 is 0 Å². The van der Waals surface area contributed by atoms with Gasteiger partial charge >= 0.3 is 0 Å². The molecule has 0 aliphatic heterocycles. The minimum absolute atomic E-state index is 0.479. The van der Waals surface area contributed by atoms with E-state index in [0.29, 0.717) is 18.9 Å². The molecule has 2 aliphatic carbocycles. The maximum atomic E-state index is 10.3. The summed E-state index contributed by atoms with van der Waals surface area (Å²) in [6, 6.07) is 9.63. The highest BCUT2D eigenvalue weighted by Gasteiger charge is 2.41. The molecular formula is C22H29N3O. The van der Waals surface area contributed by atoms with E-state index in [-0.39, 0.29) is 0 Å². The van der Waals surface area contributed by atoms with Crippen molar-refractivity contribution < 1.29 is 5.11 Å². The van der Waals surface area contributed by atoms with Gasteiger partial charge in [0.15, 0.2) is 0 Å². The lowest BCUT2D eigenvalue weighted by Gasteiger charge is -2.38. The first-order valence-corrected chi connectivity index (χ1v) is 10.1. The van der Waals surface area contributed by atoms with Crippen LogP contribution in [0.4, 0.5) is 0 Å². The predicted octanol–water partition coefficient (Wildman–Crippen LogP) is 4.80. The Morgan fingerprint density at radius 2 is 1.92 bits per heavy atom. The number of rotatable bonds is 3. The zero-order valence-corrected chi connectivity index (χ0v) is 16.0. The van der Waals surface area contributed by atoms with Crippen molar-refractivity contribution in [3.8, 4) is 6.07 Å². The lowest BCUT2D eigenvalue weighted by Crippen LogP contribution is -2.38. The Bertz CT molecular complexity index is 842. The molecule has 4 rings (SSSR count). The van der Waals surface area contributed by atoms with Gasteiger partial charge in [-0.15, -0.1) is 0 Å². The van der Waals surface area contributed by atoms with Crippen LogP contribution in [0.25, 0.3) is 10.9 Å². The molecule has 1 aromatic heterocycles. The van der Waals surface area contributed by atoms with Gasteiger partial charge in [-0.3, -0.25) is 4.68 Å². The molecule has 0 saturated heterocycles. The maximum Gasteiger partial charge on any atom is 0.0825 e. The van der Waals surface area contributed by atoms with Crippen molar-refractivity contribution in [3.05, 3.63) is 29.5 Å². The fourth-order valence-electron chi connectivity index (χ4n) is 4.87. The second-order valence-electron chi connectivity index (χ2n) is 8.61. The van der Waals surface area contributed by atoms with E-state index in [0.717, 1.165) is 30.5 Å². The summed E-state index contributed by atoms with van der Waals surface area (Å²) in [7, 11) is 0. The van der Waals surface area contributed by atoms with E-state index in [1.165, 1.54) is 36.6 Å². The van der Waals surface area contributed by atoms with Crippen LogP contribution in [0.2, 0.25) is 0 Å². The van der Waals surface area contributed by atoms with Gasteiger partial charge in [-0.2, -0.15) is 10.4 Å². The third kappa shape index (κ3) is 2.83. The molecule has 0 radical (unpaired) electrons. The summed E-state index contributed by atoms with van der Waals surface area (Å²) in [6.07, 6.45) is 8.71. The van der Waals surface area contributed by atoms with Gasteiger partial charge in [-0.05, 0) is 63.5 Å². The summed E-state index contributed by atoms with van der Waals surface area (Å²) in [5, 5.41) is 26.5. The van der Waals surface area contributed by atoms with Gasteiger partial charge < -0.3 is 5.11 Å². The summed E-state index contributed by atoms with van der Waals surface area (Å²) in [5.41, 5.74) is 2.35. The smallest absolute Gasteiger partial charge is 0.0825 e. The van der Waals surface area contributed by atoms with Gasteiger partial charge in [-0.25, -0.2) is 0 Å². The van der Waals surface area contributed by atoms with Crippen molar-refractivity contribution in [1.29, 1.82) is 5.26 Å². The van der Waals surface area contributed by atoms with Gasteiger partial charge in [0, 0.05) is 5.39 Å². The molecule has 4 heteroatoms. The van der Waals surface area contributed by atoms with Crippen LogP contribution in [0.1, 0.15) is 82.5 Å². The van der Waals surface area contributed by atoms with Gasteiger partial charge in [0.2, 0.25) is 0 Å². The third-order valence-electron chi connectivity index (χ3n) is 6.74. The molecule has 2 aliphatic rings. The quantitative estimate of drug-likeness (QED) is 0.864. The van der Waals surface area contributed by atoms with Gasteiger partial charge in [-0.1, -0.05) is 31.9 Å². The summed E-state index contributed by atoms with van der Waals surface area (Å²) >= 11 is 0. The van der Waals surface area contributed by atoms with Crippen LogP contribution in [-0.2, 0) is 11.8 Å². The number of benzene rings is 1. The molecule has 138 valence electrons. The number of nitriles is 1. The van der Waals surface area contributed by atoms with Gasteiger partial charge in [0.05, 0.1) is 34.3 Å². The predicted molar refractivity (Wildman–Crippen MR) is 103 cm³/mol. The molecule has 2 aromatic rings. The second-order valence-corrected chi connectivity index (χ2v) is 8.61. The molecule has 1 N–H and O–H groups in total. The van der Waals surface area contributed by atoms with E-state index in [2.05, 4.69) is 35.9 Å². The Kier molecular flexibility index (Phi) is 4.31. The van der Waals surface area contributed by atoms with Crippen molar-refractivity contribution in [2.75, 3.05) is 0 Å². The number of hydrogen-bond donors (Lipinski definition) is 1. The Balaban J connectivity index is 1.79. The van der Waals surface area contributed by atoms with Crippen LogP contribution in [-0.4, -0.2) is 20.5 Å². The van der Waals surface area contributed by atoms with Crippen LogP contribution >= 0.6 is 0 Å². The lowest BCUT2D eigenvalue weighted by atomic mass is 9.66. The molecule has 0 bridgehead atoms. The van der Waals surface area contributed by atoms with Crippen molar-refractivity contribution >= 4 is 10.9 Å². The summed E-state index contributed by atoms with van der Waals surface area (Å²) in [4.78, 5) is 0. The zero-order valence-electron chi connectivity index (χ0n) is 16.0. The molecule has 1 heterocycles. The average molecular weight is 351 g/mol. The Morgan fingerprint density at radius 1 is 1.23 bits per heavy atom. The fourth-order valence-corrected chi connectivity index (χ4v) is 4.87. The van der Waals surface area contributed by atoms with Crippen LogP contribution in [0.5, 0.6) is 0 Å². The summed E-state index contributed by atoms with van der Waals surface area (Å²) < 4.78 is 2.24. The number of fused-ring (bicyclic) bond motifs is 1. The fraction of sp³-hybridized carbons (Fsp3) is 0.636. The number of aryl methyl sites for hydroxylation is 1. The molecule has 4 nitrogen and oxygen atoms in total. The van der Waals surface area contributed by atoms with Crippen molar-refractivity contribution in [2.24, 2.45) is 0 Å². The first-order chi connectivity index (χ1) is 12.5. The van der Waals surface area contributed by atoms with Crippen molar-refractivity contribution in [1.82, 2.24) is 9.78 Å². The van der Waals surface area contributed by atoms with Crippen molar-refractivity contribution in [2.45, 2.75) is 88.7 Å². The number of hydrogen-bond acceptors (Lipinski definition) is 3. The van der Waals surface area contributed by atoms with E-state index in [1.807, 2.05) is 6.92 Å².